The Labute approximate surface area is 106 Å². The molecular formula is C16H26O. The summed E-state index contributed by atoms with van der Waals surface area (Å²) in [5, 5.41) is 11.3. The zero-order valence-corrected chi connectivity index (χ0v) is 11.3. The molecule has 2 aliphatic carbocycles. The second-order valence-electron chi connectivity index (χ2n) is 6.40. The van der Waals surface area contributed by atoms with Gasteiger partial charge >= 0.3 is 0 Å². The van der Waals surface area contributed by atoms with Gasteiger partial charge in [-0.3, -0.25) is 0 Å². The zero-order valence-electron chi connectivity index (χ0n) is 11.3. The highest BCUT2D eigenvalue weighted by Crippen LogP contribution is 2.59. The number of hydrogen-bond donors (Lipinski definition) is 1. The molecule has 1 N–H and O–H groups in total. The second kappa shape index (κ2) is 4.28. The van der Waals surface area contributed by atoms with E-state index in [1.807, 2.05) is 6.08 Å². The molecule has 0 spiro atoms. The van der Waals surface area contributed by atoms with Crippen molar-refractivity contribution in [1.82, 2.24) is 0 Å². The van der Waals surface area contributed by atoms with Gasteiger partial charge in [-0.15, -0.1) is 6.58 Å². The van der Waals surface area contributed by atoms with Gasteiger partial charge in [-0.1, -0.05) is 44.9 Å². The predicted octanol–water partition coefficient (Wildman–Crippen LogP) is 4.09. The molecule has 0 saturated heterocycles. The Morgan fingerprint density at radius 3 is 2.82 bits per heavy atom. The molecule has 0 aliphatic heterocycles. The molecule has 0 heterocycles. The molecule has 0 radical (unpaired) electrons. The first-order valence-electron chi connectivity index (χ1n) is 6.96. The monoisotopic (exact) mass is 234 g/mol. The molecule has 4 atom stereocenters. The molecule has 0 aromatic heterocycles. The fraction of sp³-hybridized carbons (Fsp3) is 0.750. The molecule has 0 bridgehead atoms. The van der Waals surface area contributed by atoms with Crippen LogP contribution in [0.15, 0.2) is 24.8 Å². The maximum Gasteiger partial charge on any atom is 0.0771 e. The number of hydrogen-bond acceptors (Lipinski definition) is 1. The van der Waals surface area contributed by atoms with Gasteiger partial charge in [0.05, 0.1) is 5.60 Å². The minimum atomic E-state index is -0.547. The Morgan fingerprint density at radius 2 is 2.18 bits per heavy atom. The van der Waals surface area contributed by atoms with E-state index in [-0.39, 0.29) is 5.41 Å². The van der Waals surface area contributed by atoms with Crippen molar-refractivity contribution in [1.29, 1.82) is 0 Å². The maximum atomic E-state index is 11.3. The summed E-state index contributed by atoms with van der Waals surface area (Å²) in [5.41, 5.74) is 0.705. The van der Waals surface area contributed by atoms with Crippen molar-refractivity contribution >= 4 is 0 Å². The largest absolute Gasteiger partial charge is 0.389 e. The average Bonchev–Trinajstić information content (AvgIpc) is 2.27. The number of allylic oxidation sites excluding steroid dienone is 1. The molecular weight excluding hydrogens is 208 g/mol. The fourth-order valence-electron chi connectivity index (χ4n) is 4.25. The quantitative estimate of drug-likeness (QED) is 0.714. The van der Waals surface area contributed by atoms with Crippen LogP contribution >= 0.6 is 0 Å². The smallest absolute Gasteiger partial charge is 0.0771 e. The summed E-state index contributed by atoms with van der Waals surface area (Å²) in [6.07, 6.45) is 8.41. The van der Waals surface area contributed by atoms with E-state index >= 15 is 0 Å². The van der Waals surface area contributed by atoms with Crippen molar-refractivity contribution in [3.05, 3.63) is 24.8 Å². The van der Waals surface area contributed by atoms with Gasteiger partial charge in [0.25, 0.3) is 0 Å². The summed E-state index contributed by atoms with van der Waals surface area (Å²) in [5.74, 6) is 0.810. The van der Waals surface area contributed by atoms with Crippen LogP contribution in [0.1, 0.15) is 52.4 Å². The van der Waals surface area contributed by atoms with Crippen molar-refractivity contribution in [2.24, 2.45) is 17.3 Å². The highest BCUT2D eigenvalue weighted by molar-refractivity contribution is 5.22. The van der Waals surface area contributed by atoms with Gasteiger partial charge in [0.2, 0.25) is 0 Å². The lowest BCUT2D eigenvalue weighted by Gasteiger charge is -2.59. The fourth-order valence-corrected chi connectivity index (χ4v) is 4.25. The summed E-state index contributed by atoms with van der Waals surface area (Å²) >= 11 is 0. The Hall–Kier alpha value is -0.560. The van der Waals surface area contributed by atoms with Crippen LogP contribution in [0.5, 0.6) is 0 Å². The molecule has 2 rings (SSSR count). The average molecular weight is 234 g/mol. The van der Waals surface area contributed by atoms with E-state index in [4.69, 9.17) is 0 Å². The SMILES string of the molecule is C=CC[C@]1(C)[C@H](C)CC(=C)[C@@H]2CCCC[C@]21O. The molecule has 0 unspecified atom stereocenters. The molecule has 17 heavy (non-hydrogen) atoms. The third-order valence-electron chi connectivity index (χ3n) is 5.58. The standard InChI is InChI=1S/C16H26O/c1-5-9-15(4)13(3)11-12(2)14-8-6-7-10-16(14,15)17/h5,13-14,17H,1-2,6-11H2,3-4H3/t13-,14+,15-,16+/m1/s1. The van der Waals surface area contributed by atoms with Crippen LogP contribution in [-0.2, 0) is 0 Å². The van der Waals surface area contributed by atoms with Crippen LogP contribution in [-0.4, -0.2) is 10.7 Å². The summed E-state index contributed by atoms with van der Waals surface area (Å²) in [4.78, 5) is 0. The Morgan fingerprint density at radius 1 is 1.47 bits per heavy atom. The van der Waals surface area contributed by atoms with Gasteiger partial charge in [0.1, 0.15) is 0 Å². The van der Waals surface area contributed by atoms with E-state index in [1.165, 1.54) is 12.0 Å². The topological polar surface area (TPSA) is 20.2 Å². The van der Waals surface area contributed by atoms with Gasteiger partial charge in [-0.05, 0) is 31.6 Å². The van der Waals surface area contributed by atoms with Crippen molar-refractivity contribution in [3.8, 4) is 0 Å². The van der Waals surface area contributed by atoms with Gasteiger partial charge < -0.3 is 5.11 Å². The first kappa shape index (κ1) is 12.9. The van der Waals surface area contributed by atoms with Gasteiger partial charge in [-0.2, -0.15) is 0 Å². The third kappa shape index (κ3) is 1.71. The van der Waals surface area contributed by atoms with Crippen molar-refractivity contribution in [2.75, 3.05) is 0 Å². The molecule has 0 aromatic rings. The summed E-state index contributed by atoms with van der Waals surface area (Å²) in [6, 6.07) is 0. The minimum absolute atomic E-state index is 0.0268. The van der Waals surface area contributed by atoms with Crippen molar-refractivity contribution in [2.45, 2.75) is 58.0 Å². The molecule has 1 nitrogen and oxygen atoms in total. The van der Waals surface area contributed by atoms with Crippen LogP contribution in [0.4, 0.5) is 0 Å². The van der Waals surface area contributed by atoms with Crippen LogP contribution < -0.4 is 0 Å². The first-order valence-corrected chi connectivity index (χ1v) is 6.96. The summed E-state index contributed by atoms with van der Waals surface area (Å²) in [6.45, 7) is 12.6. The van der Waals surface area contributed by atoms with Crippen LogP contribution in [0.25, 0.3) is 0 Å². The van der Waals surface area contributed by atoms with E-state index < -0.39 is 5.60 Å². The lowest BCUT2D eigenvalue weighted by molar-refractivity contribution is -0.167. The lowest BCUT2D eigenvalue weighted by Crippen LogP contribution is -2.59. The molecule has 2 aliphatic rings. The highest BCUT2D eigenvalue weighted by atomic mass is 16.3. The Bertz CT molecular complexity index is 332. The normalized spacial score (nSPS) is 46.4. The second-order valence-corrected chi connectivity index (χ2v) is 6.40. The number of fused-ring (bicyclic) bond motifs is 1. The predicted molar refractivity (Wildman–Crippen MR) is 72.7 cm³/mol. The summed E-state index contributed by atoms with van der Waals surface area (Å²) in [7, 11) is 0. The van der Waals surface area contributed by atoms with E-state index in [9.17, 15) is 5.11 Å². The molecule has 2 saturated carbocycles. The summed E-state index contributed by atoms with van der Waals surface area (Å²) < 4.78 is 0. The third-order valence-corrected chi connectivity index (χ3v) is 5.58. The number of aliphatic hydroxyl groups is 1. The van der Waals surface area contributed by atoms with E-state index in [0.717, 1.165) is 32.1 Å². The van der Waals surface area contributed by atoms with E-state index in [1.54, 1.807) is 0 Å². The van der Waals surface area contributed by atoms with E-state index in [2.05, 4.69) is 27.0 Å². The van der Waals surface area contributed by atoms with Crippen molar-refractivity contribution in [3.63, 3.8) is 0 Å². The van der Waals surface area contributed by atoms with Crippen molar-refractivity contribution < 1.29 is 5.11 Å². The van der Waals surface area contributed by atoms with Gasteiger partial charge in [0.15, 0.2) is 0 Å². The molecule has 1 heteroatoms. The van der Waals surface area contributed by atoms with Crippen LogP contribution in [0, 0.1) is 17.3 Å². The van der Waals surface area contributed by atoms with Crippen LogP contribution in [0.3, 0.4) is 0 Å². The molecule has 96 valence electrons. The zero-order chi connectivity index (χ0) is 12.7. The van der Waals surface area contributed by atoms with Gasteiger partial charge in [-0.25, -0.2) is 0 Å². The molecule has 0 amide bonds. The number of rotatable bonds is 2. The molecule has 2 fully saturated rings. The van der Waals surface area contributed by atoms with Crippen LogP contribution in [0.2, 0.25) is 0 Å². The highest BCUT2D eigenvalue weighted by Gasteiger charge is 2.57. The minimum Gasteiger partial charge on any atom is -0.389 e. The lowest BCUT2D eigenvalue weighted by atomic mass is 9.49. The molecule has 0 aromatic carbocycles. The van der Waals surface area contributed by atoms with E-state index in [0.29, 0.717) is 11.8 Å². The Kier molecular flexibility index (Phi) is 3.24. The Balaban J connectivity index is 2.42. The first-order chi connectivity index (χ1) is 7.95. The van der Waals surface area contributed by atoms with Gasteiger partial charge in [0, 0.05) is 11.3 Å². The maximum absolute atomic E-state index is 11.3.